The molecule has 0 saturated heterocycles. The molecule has 0 bridgehead atoms. The molecular weight excluding hydrogens is 188 g/mol. The molecule has 4 heteroatoms. The number of aryl methyl sites for hydroxylation is 1. The van der Waals surface area contributed by atoms with Crippen LogP contribution in [0.15, 0.2) is 18.2 Å². The molecule has 2 heterocycles. The van der Waals surface area contributed by atoms with Crippen LogP contribution >= 0.6 is 0 Å². The van der Waals surface area contributed by atoms with E-state index in [0.717, 1.165) is 36.4 Å². The molecule has 1 aliphatic carbocycles. The first kappa shape index (κ1) is 8.85. The molecule has 2 aromatic heterocycles. The first-order valence-corrected chi connectivity index (χ1v) is 5.37. The maximum Gasteiger partial charge on any atom is 0.156 e. The highest BCUT2D eigenvalue weighted by Crippen LogP contribution is 2.42. The van der Waals surface area contributed by atoms with Gasteiger partial charge in [0.1, 0.15) is 0 Å². The summed E-state index contributed by atoms with van der Waals surface area (Å²) in [5.41, 5.74) is 8.04. The predicted molar refractivity (Wildman–Crippen MR) is 57.5 cm³/mol. The molecule has 0 aromatic carbocycles. The van der Waals surface area contributed by atoms with E-state index < -0.39 is 0 Å². The molecule has 15 heavy (non-hydrogen) atoms. The zero-order valence-corrected chi connectivity index (χ0v) is 8.77. The van der Waals surface area contributed by atoms with Crippen molar-refractivity contribution < 1.29 is 0 Å². The van der Waals surface area contributed by atoms with Crippen LogP contribution in [0.25, 0.3) is 5.65 Å². The molecule has 2 N–H and O–H groups in total. The maximum atomic E-state index is 6.20. The summed E-state index contributed by atoms with van der Waals surface area (Å²) in [7, 11) is 0. The highest BCUT2D eigenvalue weighted by molar-refractivity contribution is 5.41. The van der Waals surface area contributed by atoms with Gasteiger partial charge in [0.05, 0.1) is 11.2 Å². The second-order valence-electron chi connectivity index (χ2n) is 4.22. The first-order chi connectivity index (χ1) is 7.23. The van der Waals surface area contributed by atoms with Crippen molar-refractivity contribution in [1.82, 2.24) is 14.6 Å². The van der Waals surface area contributed by atoms with Crippen molar-refractivity contribution in [2.45, 2.75) is 31.7 Å². The summed E-state index contributed by atoms with van der Waals surface area (Å²) in [4.78, 5) is 4.43. The fraction of sp³-hybridized carbons (Fsp3) is 0.455. The Hall–Kier alpha value is -1.42. The average Bonchev–Trinajstić information content (AvgIpc) is 2.85. The van der Waals surface area contributed by atoms with Gasteiger partial charge in [-0.2, -0.15) is 5.10 Å². The number of fused-ring (bicyclic) bond motifs is 1. The van der Waals surface area contributed by atoms with Crippen molar-refractivity contribution in [2.24, 2.45) is 5.73 Å². The molecule has 1 aliphatic rings. The van der Waals surface area contributed by atoms with Crippen LogP contribution < -0.4 is 5.73 Å². The minimum atomic E-state index is -0.155. The fourth-order valence-corrected chi connectivity index (χ4v) is 1.87. The molecule has 78 valence electrons. The molecule has 2 aromatic rings. The highest BCUT2D eigenvalue weighted by atomic mass is 15.3. The van der Waals surface area contributed by atoms with Crippen molar-refractivity contribution in [2.75, 3.05) is 0 Å². The summed E-state index contributed by atoms with van der Waals surface area (Å²) >= 11 is 0. The third-order valence-electron chi connectivity index (χ3n) is 3.02. The van der Waals surface area contributed by atoms with Gasteiger partial charge in [-0.3, -0.25) is 0 Å². The fourth-order valence-electron chi connectivity index (χ4n) is 1.87. The second-order valence-corrected chi connectivity index (χ2v) is 4.22. The van der Waals surface area contributed by atoms with Gasteiger partial charge >= 0.3 is 0 Å². The van der Waals surface area contributed by atoms with E-state index >= 15 is 0 Å². The van der Waals surface area contributed by atoms with Crippen LogP contribution in [0.1, 0.15) is 31.3 Å². The van der Waals surface area contributed by atoms with Crippen molar-refractivity contribution in [3.8, 4) is 0 Å². The number of hydrogen-bond acceptors (Lipinski definition) is 3. The molecule has 0 unspecified atom stereocenters. The van der Waals surface area contributed by atoms with Crippen LogP contribution in [0, 0.1) is 0 Å². The lowest BCUT2D eigenvalue weighted by Crippen LogP contribution is -2.22. The summed E-state index contributed by atoms with van der Waals surface area (Å²) < 4.78 is 1.89. The number of pyridine rings is 1. The third-order valence-corrected chi connectivity index (χ3v) is 3.02. The van der Waals surface area contributed by atoms with Crippen LogP contribution in [-0.2, 0) is 12.0 Å². The van der Waals surface area contributed by atoms with E-state index in [1.165, 1.54) is 0 Å². The molecule has 4 nitrogen and oxygen atoms in total. The van der Waals surface area contributed by atoms with Crippen molar-refractivity contribution >= 4 is 5.65 Å². The van der Waals surface area contributed by atoms with Crippen LogP contribution in [0.2, 0.25) is 0 Å². The molecule has 1 saturated carbocycles. The molecule has 0 aliphatic heterocycles. The number of rotatable bonds is 2. The zero-order valence-electron chi connectivity index (χ0n) is 8.77. The van der Waals surface area contributed by atoms with Crippen molar-refractivity contribution in [3.05, 3.63) is 29.7 Å². The van der Waals surface area contributed by atoms with E-state index in [0.29, 0.717) is 0 Å². The van der Waals surface area contributed by atoms with E-state index in [1.54, 1.807) is 0 Å². The average molecular weight is 202 g/mol. The van der Waals surface area contributed by atoms with E-state index in [4.69, 9.17) is 5.73 Å². The number of nitrogens with zero attached hydrogens (tertiary/aromatic N) is 3. The zero-order chi connectivity index (χ0) is 10.5. The predicted octanol–water partition coefficient (Wildman–Crippen LogP) is 1.24. The Morgan fingerprint density at radius 2 is 2.27 bits per heavy atom. The van der Waals surface area contributed by atoms with Gasteiger partial charge in [0.25, 0.3) is 0 Å². The monoisotopic (exact) mass is 202 g/mol. The quantitative estimate of drug-likeness (QED) is 0.797. The SMILES string of the molecule is CCc1nc2cccc(C3(N)CC3)n2n1. The van der Waals surface area contributed by atoms with Gasteiger partial charge in [-0.25, -0.2) is 9.50 Å². The Kier molecular flexibility index (Phi) is 1.65. The summed E-state index contributed by atoms with van der Waals surface area (Å²) in [5, 5.41) is 4.46. The summed E-state index contributed by atoms with van der Waals surface area (Å²) in [5.74, 6) is 0.881. The molecule has 0 radical (unpaired) electrons. The summed E-state index contributed by atoms with van der Waals surface area (Å²) in [6.45, 7) is 2.06. The Morgan fingerprint density at radius 1 is 1.47 bits per heavy atom. The topological polar surface area (TPSA) is 56.2 Å². The lowest BCUT2D eigenvalue weighted by Gasteiger charge is -2.09. The van der Waals surface area contributed by atoms with Gasteiger partial charge in [0, 0.05) is 6.42 Å². The van der Waals surface area contributed by atoms with Gasteiger partial charge in [0.2, 0.25) is 0 Å². The van der Waals surface area contributed by atoms with Crippen LogP contribution in [-0.4, -0.2) is 14.6 Å². The normalized spacial score (nSPS) is 18.3. The Bertz CT molecular complexity index is 510. The third kappa shape index (κ3) is 1.25. The number of aromatic nitrogens is 3. The van der Waals surface area contributed by atoms with Gasteiger partial charge in [-0.15, -0.1) is 0 Å². The van der Waals surface area contributed by atoms with Crippen molar-refractivity contribution in [3.63, 3.8) is 0 Å². The van der Waals surface area contributed by atoms with E-state index in [1.807, 2.05) is 22.7 Å². The number of hydrogen-bond donors (Lipinski definition) is 1. The van der Waals surface area contributed by atoms with E-state index in [-0.39, 0.29) is 5.54 Å². The first-order valence-electron chi connectivity index (χ1n) is 5.37. The lowest BCUT2D eigenvalue weighted by molar-refractivity contribution is 0.665. The standard InChI is InChI=1S/C11H14N4/c1-2-9-13-10-5-3-4-8(15(10)14-9)11(12)6-7-11/h3-5H,2,6-7,12H2,1H3. The lowest BCUT2D eigenvalue weighted by atomic mass is 10.2. The molecular formula is C11H14N4. The van der Waals surface area contributed by atoms with Crippen LogP contribution in [0.4, 0.5) is 0 Å². The van der Waals surface area contributed by atoms with Crippen LogP contribution in [0.3, 0.4) is 0 Å². The number of nitrogens with two attached hydrogens (primary N) is 1. The Balaban J connectivity index is 2.25. The van der Waals surface area contributed by atoms with E-state index in [2.05, 4.69) is 17.0 Å². The van der Waals surface area contributed by atoms with Crippen LogP contribution in [0.5, 0.6) is 0 Å². The summed E-state index contributed by atoms with van der Waals surface area (Å²) in [6.07, 6.45) is 2.96. The Labute approximate surface area is 88.1 Å². The molecule has 0 atom stereocenters. The van der Waals surface area contributed by atoms with Crippen molar-refractivity contribution in [1.29, 1.82) is 0 Å². The van der Waals surface area contributed by atoms with Gasteiger partial charge in [0.15, 0.2) is 11.5 Å². The molecule has 0 amide bonds. The van der Waals surface area contributed by atoms with Gasteiger partial charge in [-0.05, 0) is 25.0 Å². The Morgan fingerprint density at radius 3 is 2.93 bits per heavy atom. The smallest absolute Gasteiger partial charge is 0.156 e. The highest BCUT2D eigenvalue weighted by Gasteiger charge is 2.42. The summed E-state index contributed by atoms with van der Waals surface area (Å²) in [6, 6.07) is 6.03. The molecule has 1 fully saturated rings. The van der Waals surface area contributed by atoms with Gasteiger partial charge < -0.3 is 5.73 Å². The minimum absolute atomic E-state index is 0.155. The molecule has 0 spiro atoms. The minimum Gasteiger partial charge on any atom is -0.320 e. The maximum absolute atomic E-state index is 6.20. The van der Waals surface area contributed by atoms with Gasteiger partial charge in [-0.1, -0.05) is 13.0 Å². The second kappa shape index (κ2) is 2.79. The van der Waals surface area contributed by atoms with E-state index in [9.17, 15) is 0 Å². The molecule has 3 rings (SSSR count). The largest absolute Gasteiger partial charge is 0.320 e.